The third-order valence-corrected chi connectivity index (χ3v) is 5.07. The molecule has 0 aliphatic carbocycles. The molecule has 26 heavy (non-hydrogen) atoms. The number of nitrogens with one attached hydrogen (secondary N) is 2. The van der Waals surface area contributed by atoms with E-state index in [2.05, 4.69) is 10.6 Å². The normalized spacial score (nSPS) is 17.3. The number of hydrogen-bond donors (Lipinski definition) is 2. The van der Waals surface area contributed by atoms with Crippen molar-refractivity contribution in [2.75, 3.05) is 20.2 Å². The van der Waals surface area contributed by atoms with Crippen molar-refractivity contribution in [3.05, 3.63) is 64.2 Å². The first-order chi connectivity index (χ1) is 12.1. The van der Waals surface area contributed by atoms with Crippen LogP contribution in [0.2, 0.25) is 5.02 Å². The Morgan fingerprint density at radius 1 is 1.27 bits per heavy atom. The summed E-state index contributed by atoms with van der Waals surface area (Å²) < 4.78 is 5.30. The largest absolute Gasteiger partial charge is 0.497 e. The Labute approximate surface area is 165 Å². The van der Waals surface area contributed by atoms with E-state index in [0.717, 1.165) is 42.0 Å². The fourth-order valence-corrected chi connectivity index (χ4v) is 3.51. The molecule has 140 valence electrons. The average molecular weight is 395 g/mol. The summed E-state index contributed by atoms with van der Waals surface area (Å²) in [7, 11) is 1.65. The molecule has 2 N–H and O–H groups in total. The van der Waals surface area contributed by atoms with Gasteiger partial charge in [0.15, 0.2) is 0 Å². The minimum Gasteiger partial charge on any atom is -0.497 e. The molecule has 1 saturated heterocycles. The summed E-state index contributed by atoms with van der Waals surface area (Å²) in [5.41, 5.74) is 2.97. The molecule has 4 nitrogen and oxygen atoms in total. The Balaban J connectivity index is 0.00000243. The first-order valence-corrected chi connectivity index (χ1v) is 8.88. The average Bonchev–Trinajstić information content (AvgIpc) is 3.15. The van der Waals surface area contributed by atoms with E-state index in [4.69, 9.17) is 16.3 Å². The van der Waals surface area contributed by atoms with E-state index in [1.807, 2.05) is 49.4 Å². The highest BCUT2D eigenvalue weighted by Gasteiger charge is 2.27. The molecular weight excluding hydrogens is 371 g/mol. The molecule has 0 aromatic heterocycles. The number of rotatable bonds is 5. The minimum absolute atomic E-state index is 0. The fourth-order valence-electron chi connectivity index (χ4n) is 3.27. The van der Waals surface area contributed by atoms with Crippen LogP contribution in [0.15, 0.2) is 42.5 Å². The van der Waals surface area contributed by atoms with Crippen molar-refractivity contribution in [1.82, 2.24) is 10.6 Å². The molecule has 1 aliphatic rings. The quantitative estimate of drug-likeness (QED) is 0.808. The fraction of sp³-hybridized carbons (Fsp3) is 0.350. The molecule has 1 aliphatic heterocycles. The lowest BCUT2D eigenvalue weighted by atomic mass is 9.93. The van der Waals surface area contributed by atoms with Crippen molar-refractivity contribution in [2.24, 2.45) is 5.92 Å². The first kappa shape index (κ1) is 20.6. The van der Waals surface area contributed by atoms with E-state index >= 15 is 0 Å². The maximum atomic E-state index is 12.7. The topological polar surface area (TPSA) is 50.4 Å². The molecule has 2 unspecified atom stereocenters. The number of carbonyl (C=O) groups excluding carboxylic acids is 1. The number of carbonyl (C=O) groups is 1. The van der Waals surface area contributed by atoms with Crippen LogP contribution in [0.3, 0.4) is 0 Å². The Morgan fingerprint density at radius 2 is 2.04 bits per heavy atom. The summed E-state index contributed by atoms with van der Waals surface area (Å²) in [5, 5.41) is 7.09. The van der Waals surface area contributed by atoms with Crippen molar-refractivity contribution in [3.8, 4) is 5.75 Å². The number of amides is 1. The van der Waals surface area contributed by atoms with Crippen molar-refractivity contribution in [3.63, 3.8) is 0 Å². The number of halogens is 2. The lowest BCUT2D eigenvalue weighted by Crippen LogP contribution is -2.35. The Hall–Kier alpha value is -1.75. The van der Waals surface area contributed by atoms with Crippen molar-refractivity contribution >= 4 is 29.9 Å². The standard InChI is InChI=1S/C20H23ClN2O2.ClH/c1-13-11-15(25-2)7-8-16(13)19(17-5-3-4-6-18(17)21)23-20(24)14-9-10-22-12-14;/h3-8,11,14,19,22H,9-10,12H2,1-2H3,(H,23,24);1H. The molecule has 0 bridgehead atoms. The maximum absolute atomic E-state index is 12.7. The first-order valence-electron chi connectivity index (χ1n) is 8.50. The lowest BCUT2D eigenvalue weighted by molar-refractivity contribution is -0.124. The van der Waals surface area contributed by atoms with E-state index in [9.17, 15) is 4.79 Å². The van der Waals surface area contributed by atoms with Gasteiger partial charge in [-0.15, -0.1) is 12.4 Å². The number of benzene rings is 2. The molecule has 1 amide bonds. The third-order valence-electron chi connectivity index (χ3n) is 4.72. The second-order valence-corrected chi connectivity index (χ2v) is 6.78. The third kappa shape index (κ3) is 4.50. The second-order valence-electron chi connectivity index (χ2n) is 6.38. The zero-order valence-corrected chi connectivity index (χ0v) is 16.5. The van der Waals surface area contributed by atoms with Crippen LogP contribution < -0.4 is 15.4 Å². The summed E-state index contributed by atoms with van der Waals surface area (Å²) in [4.78, 5) is 12.7. The highest BCUT2D eigenvalue weighted by atomic mass is 35.5. The Bertz CT molecular complexity index is 761. The molecule has 1 heterocycles. The van der Waals surface area contributed by atoms with Gasteiger partial charge in [0.1, 0.15) is 5.75 Å². The summed E-state index contributed by atoms with van der Waals surface area (Å²) in [6.07, 6.45) is 0.864. The van der Waals surface area contributed by atoms with Gasteiger partial charge in [-0.05, 0) is 54.8 Å². The highest BCUT2D eigenvalue weighted by molar-refractivity contribution is 6.31. The molecule has 0 spiro atoms. The van der Waals surface area contributed by atoms with E-state index in [1.165, 1.54) is 0 Å². The zero-order valence-electron chi connectivity index (χ0n) is 14.9. The van der Waals surface area contributed by atoms with Crippen molar-refractivity contribution in [1.29, 1.82) is 0 Å². The summed E-state index contributed by atoms with van der Waals surface area (Å²) >= 11 is 6.43. The van der Waals surface area contributed by atoms with E-state index in [-0.39, 0.29) is 30.3 Å². The molecule has 0 radical (unpaired) electrons. The lowest BCUT2D eigenvalue weighted by Gasteiger charge is -2.24. The van der Waals surface area contributed by atoms with Gasteiger partial charge in [-0.2, -0.15) is 0 Å². The molecule has 6 heteroatoms. The smallest absolute Gasteiger partial charge is 0.225 e. The predicted octanol–water partition coefficient (Wildman–Crippen LogP) is 3.89. The molecule has 3 rings (SSSR count). The van der Waals surface area contributed by atoms with Gasteiger partial charge < -0.3 is 15.4 Å². The summed E-state index contributed by atoms with van der Waals surface area (Å²) in [5.74, 6) is 0.860. The molecule has 2 aromatic rings. The number of aryl methyl sites for hydroxylation is 1. The monoisotopic (exact) mass is 394 g/mol. The van der Waals surface area contributed by atoms with Crippen molar-refractivity contribution < 1.29 is 9.53 Å². The van der Waals surface area contributed by atoms with Gasteiger partial charge in [-0.1, -0.05) is 35.9 Å². The van der Waals surface area contributed by atoms with Gasteiger partial charge in [-0.3, -0.25) is 4.79 Å². The molecule has 0 saturated carbocycles. The Morgan fingerprint density at radius 3 is 2.65 bits per heavy atom. The molecule has 2 aromatic carbocycles. The minimum atomic E-state index is -0.285. The number of ether oxygens (including phenoxy) is 1. The van der Waals surface area contributed by atoms with Crippen LogP contribution in [0.25, 0.3) is 0 Å². The van der Waals surface area contributed by atoms with Gasteiger partial charge in [0, 0.05) is 11.6 Å². The molecule has 2 atom stereocenters. The second kappa shape index (κ2) is 9.26. The van der Waals surface area contributed by atoms with Crippen molar-refractivity contribution in [2.45, 2.75) is 19.4 Å². The number of hydrogen-bond acceptors (Lipinski definition) is 3. The highest BCUT2D eigenvalue weighted by Crippen LogP contribution is 2.32. The predicted molar refractivity (Wildman–Crippen MR) is 107 cm³/mol. The van der Waals surface area contributed by atoms with Crippen LogP contribution >= 0.6 is 24.0 Å². The van der Waals surface area contributed by atoms with Crippen LogP contribution in [0, 0.1) is 12.8 Å². The summed E-state index contributed by atoms with van der Waals surface area (Å²) in [6, 6.07) is 13.2. The van der Waals surface area contributed by atoms with Gasteiger partial charge >= 0.3 is 0 Å². The van der Waals surface area contributed by atoms with E-state index in [1.54, 1.807) is 7.11 Å². The van der Waals surface area contributed by atoms with Crippen LogP contribution in [0.1, 0.15) is 29.2 Å². The van der Waals surface area contributed by atoms with Crippen LogP contribution in [0.4, 0.5) is 0 Å². The van der Waals surface area contributed by atoms with Gasteiger partial charge in [-0.25, -0.2) is 0 Å². The van der Waals surface area contributed by atoms with Gasteiger partial charge in [0.2, 0.25) is 5.91 Å². The Kier molecular flexibility index (Phi) is 7.33. The van der Waals surface area contributed by atoms with E-state index < -0.39 is 0 Å². The van der Waals surface area contributed by atoms with Gasteiger partial charge in [0.05, 0.1) is 19.1 Å². The molecular formula is C20H24Cl2N2O2. The maximum Gasteiger partial charge on any atom is 0.225 e. The zero-order chi connectivity index (χ0) is 17.8. The van der Waals surface area contributed by atoms with Crippen LogP contribution in [-0.2, 0) is 4.79 Å². The van der Waals surface area contributed by atoms with Gasteiger partial charge in [0.25, 0.3) is 0 Å². The van der Waals surface area contributed by atoms with Crippen LogP contribution in [-0.4, -0.2) is 26.1 Å². The van der Waals surface area contributed by atoms with E-state index in [0.29, 0.717) is 5.02 Å². The number of methoxy groups -OCH3 is 1. The SMILES string of the molecule is COc1ccc(C(NC(=O)C2CCNC2)c2ccccc2Cl)c(C)c1.Cl. The molecule has 1 fully saturated rings. The van der Waals surface area contributed by atoms with Crippen LogP contribution in [0.5, 0.6) is 5.75 Å². The summed E-state index contributed by atoms with van der Waals surface area (Å²) in [6.45, 7) is 3.63.